The number of benzene rings is 1. The van der Waals surface area contributed by atoms with Gasteiger partial charge in [-0.15, -0.1) is 0 Å². The lowest BCUT2D eigenvalue weighted by atomic mass is 9.94. The minimum absolute atomic E-state index is 0.128. The number of carbonyl (C=O) groups excluding carboxylic acids is 1. The van der Waals surface area contributed by atoms with Crippen LogP contribution in [0.5, 0.6) is 0 Å². The van der Waals surface area contributed by atoms with Crippen molar-refractivity contribution < 1.29 is 22.3 Å². The van der Waals surface area contributed by atoms with E-state index in [9.17, 15) is 17.6 Å². The van der Waals surface area contributed by atoms with Crippen LogP contribution < -0.4 is 5.73 Å². The summed E-state index contributed by atoms with van der Waals surface area (Å²) in [5.74, 6) is -1.59. The minimum Gasteiger partial charge on any atom is -0.465 e. The molecule has 124 valence electrons. The molecule has 0 bridgehead atoms. The molecule has 2 N–H and O–H groups in total. The lowest BCUT2D eigenvalue weighted by molar-refractivity contribution is 0.0596. The van der Waals surface area contributed by atoms with Gasteiger partial charge in [0.15, 0.2) is 0 Å². The van der Waals surface area contributed by atoms with Gasteiger partial charge < -0.3 is 10.5 Å². The number of esters is 1. The number of rotatable bonds is 6. The molecule has 22 heavy (non-hydrogen) atoms. The SMILES string of the molecule is COC(=O)c1ccc(F)cc1S(=O)(=O)N(C)CC(C)(C)CN. The molecule has 1 aromatic carbocycles. The third-order valence-corrected chi connectivity index (χ3v) is 5.08. The molecule has 0 amide bonds. The predicted octanol–water partition coefficient (Wildman–Crippen LogP) is 1.22. The zero-order valence-corrected chi connectivity index (χ0v) is 13.9. The molecule has 0 saturated carbocycles. The Labute approximate surface area is 130 Å². The third kappa shape index (κ3) is 4.02. The number of nitrogens with zero attached hydrogens (tertiary/aromatic N) is 1. The van der Waals surface area contributed by atoms with Gasteiger partial charge in [-0.05, 0) is 30.2 Å². The van der Waals surface area contributed by atoms with Crippen LogP contribution in [0.4, 0.5) is 4.39 Å². The van der Waals surface area contributed by atoms with Gasteiger partial charge in [0.25, 0.3) is 0 Å². The maximum Gasteiger partial charge on any atom is 0.339 e. The molecule has 1 rings (SSSR count). The maximum atomic E-state index is 13.5. The average molecular weight is 332 g/mol. The number of ether oxygens (including phenoxy) is 1. The summed E-state index contributed by atoms with van der Waals surface area (Å²) in [6.07, 6.45) is 0. The first kappa shape index (κ1) is 18.5. The number of carbonyl (C=O) groups is 1. The van der Waals surface area contributed by atoms with Crippen molar-refractivity contribution in [1.29, 1.82) is 0 Å². The van der Waals surface area contributed by atoms with Gasteiger partial charge in [-0.1, -0.05) is 13.8 Å². The second-order valence-electron chi connectivity index (χ2n) is 5.76. The number of nitrogens with two attached hydrogens (primary N) is 1. The molecule has 0 heterocycles. The van der Waals surface area contributed by atoms with Crippen molar-refractivity contribution in [2.45, 2.75) is 18.7 Å². The summed E-state index contributed by atoms with van der Waals surface area (Å²) in [4.78, 5) is 11.3. The van der Waals surface area contributed by atoms with Gasteiger partial charge in [-0.3, -0.25) is 0 Å². The highest BCUT2D eigenvalue weighted by Crippen LogP contribution is 2.24. The Bertz CT molecular complexity index is 659. The molecule has 0 aromatic heterocycles. The first-order valence-corrected chi connectivity index (χ1v) is 8.03. The fourth-order valence-corrected chi connectivity index (χ4v) is 3.45. The van der Waals surface area contributed by atoms with E-state index in [-0.39, 0.29) is 18.7 Å². The van der Waals surface area contributed by atoms with Gasteiger partial charge in [-0.2, -0.15) is 0 Å². The number of methoxy groups -OCH3 is 1. The van der Waals surface area contributed by atoms with Crippen LogP contribution in [0.1, 0.15) is 24.2 Å². The fourth-order valence-electron chi connectivity index (χ4n) is 1.91. The van der Waals surface area contributed by atoms with E-state index < -0.39 is 32.1 Å². The highest BCUT2D eigenvalue weighted by atomic mass is 32.2. The molecular weight excluding hydrogens is 311 g/mol. The zero-order chi connectivity index (χ0) is 17.1. The number of sulfonamides is 1. The Hall–Kier alpha value is -1.51. The van der Waals surface area contributed by atoms with Gasteiger partial charge in [0.05, 0.1) is 17.6 Å². The molecule has 0 fully saturated rings. The molecule has 8 heteroatoms. The topological polar surface area (TPSA) is 89.7 Å². The standard InChI is InChI=1S/C14H21FN2O4S/c1-14(2,8-16)9-17(3)22(19,20)12-7-10(15)5-6-11(12)13(18)21-4/h5-7H,8-9,16H2,1-4H3. The molecule has 0 saturated heterocycles. The summed E-state index contributed by atoms with van der Waals surface area (Å²) < 4.78 is 44.3. The Balaban J connectivity index is 3.33. The Morgan fingerprint density at radius 3 is 2.50 bits per heavy atom. The third-order valence-electron chi connectivity index (χ3n) is 3.24. The van der Waals surface area contributed by atoms with Gasteiger partial charge in [0, 0.05) is 13.6 Å². The smallest absolute Gasteiger partial charge is 0.339 e. The van der Waals surface area contributed by atoms with Crippen LogP contribution >= 0.6 is 0 Å². The molecule has 0 aliphatic rings. The van der Waals surface area contributed by atoms with E-state index in [1.807, 2.05) is 13.8 Å². The van der Waals surface area contributed by atoms with E-state index in [1.54, 1.807) is 0 Å². The Morgan fingerprint density at radius 1 is 1.41 bits per heavy atom. The van der Waals surface area contributed by atoms with Crippen molar-refractivity contribution in [3.63, 3.8) is 0 Å². The van der Waals surface area contributed by atoms with Crippen molar-refractivity contribution in [2.75, 3.05) is 27.2 Å². The summed E-state index contributed by atoms with van der Waals surface area (Å²) in [7, 11) is -1.57. The summed E-state index contributed by atoms with van der Waals surface area (Å²) in [5, 5.41) is 0. The van der Waals surface area contributed by atoms with E-state index in [2.05, 4.69) is 4.74 Å². The van der Waals surface area contributed by atoms with E-state index in [1.165, 1.54) is 7.05 Å². The minimum atomic E-state index is -4.05. The molecule has 0 radical (unpaired) electrons. The quantitative estimate of drug-likeness (QED) is 0.791. The van der Waals surface area contributed by atoms with E-state index >= 15 is 0 Å². The van der Waals surface area contributed by atoms with Crippen LogP contribution in [0.15, 0.2) is 23.1 Å². The van der Waals surface area contributed by atoms with Gasteiger partial charge in [0.1, 0.15) is 5.82 Å². The zero-order valence-electron chi connectivity index (χ0n) is 13.1. The Morgan fingerprint density at radius 2 is 2.00 bits per heavy atom. The molecule has 0 aliphatic heterocycles. The van der Waals surface area contributed by atoms with Crippen LogP contribution in [-0.4, -0.2) is 45.9 Å². The van der Waals surface area contributed by atoms with Gasteiger partial charge in [0.2, 0.25) is 10.0 Å². The van der Waals surface area contributed by atoms with Crippen LogP contribution in [0, 0.1) is 11.2 Å². The highest BCUT2D eigenvalue weighted by Gasteiger charge is 2.31. The van der Waals surface area contributed by atoms with Crippen LogP contribution in [0.2, 0.25) is 0 Å². The second-order valence-corrected chi connectivity index (χ2v) is 7.77. The van der Waals surface area contributed by atoms with Crippen LogP contribution in [0.3, 0.4) is 0 Å². The monoisotopic (exact) mass is 332 g/mol. The highest BCUT2D eigenvalue weighted by molar-refractivity contribution is 7.89. The fraction of sp³-hybridized carbons (Fsp3) is 0.500. The Kier molecular flexibility index (Phi) is 5.66. The van der Waals surface area contributed by atoms with Crippen LogP contribution in [-0.2, 0) is 14.8 Å². The number of hydrogen-bond acceptors (Lipinski definition) is 5. The molecule has 1 aromatic rings. The summed E-state index contributed by atoms with van der Waals surface area (Å²) in [6.45, 7) is 4.03. The van der Waals surface area contributed by atoms with E-state index in [4.69, 9.17) is 5.73 Å². The second kappa shape index (κ2) is 6.72. The van der Waals surface area contributed by atoms with Crippen molar-refractivity contribution in [3.8, 4) is 0 Å². The largest absolute Gasteiger partial charge is 0.465 e. The van der Waals surface area contributed by atoms with Crippen molar-refractivity contribution in [3.05, 3.63) is 29.6 Å². The van der Waals surface area contributed by atoms with E-state index in [0.29, 0.717) is 0 Å². The number of halogens is 1. The van der Waals surface area contributed by atoms with Crippen LogP contribution in [0.25, 0.3) is 0 Å². The molecule has 0 spiro atoms. The van der Waals surface area contributed by atoms with Crippen molar-refractivity contribution >= 4 is 16.0 Å². The first-order valence-electron chi connectivity index (χ1n) is 6.59. The molecular formula is C14H21FN2O4S. The molecule has 0 unspecified atom stereocenters. The lowest BCUT2D eigenvalue weighted by Gasteiger charge is -2.28. The lowest BCUT2D eigenvalue weighted by Crippen LogP contribution is -2.40. The maximum absolute atomic E-state index is 13.5. The normalized spacial score (nSPS) is 12.5. The number of hydrogen-bond donors (Lipinski definition) is 1. The average Bonchev–Trinajstić information content (AvgIpc) is 2.45. The summed E-state index contributed by atoms with van der Waals surface area (Å²) >= 11 is 0. The summed E-state index contributed by atoms with van der Waals surface area (Å²) in [5.41, 5.74) is 4.94. The van der Waals surface area contributed by atoms with Crippen molar-refractivity contribution in [1.82, 2.24) is 4.31 Å². The van der Waals surface area contributed by atoms with Gasteiger partial charge in [-0.25, -0.2) is 21.9 Å². The van der Waals surface area contributed by atoms with E-state index in [0.717, 1.165) is 29.6 Å². The molecule has 0 aliphatic carbocycles. The molecule has 0 atom stereocenters. The predicted molar refractivity (Wildman–Crippen MR) is 80.4 cm³/mol. The van der Waals surface area contributed by atoms with Crippen molar-refractivity contribution in [2.24, 2.45) is 11.1 Å². The molecule has 6 nitrogen and oxygen atoms in total. The summed E-state index contributed by atoms with van der Waals surface area (Å²) in [6, 6.07) is 2.92. The van der Waals surface area contributed by atoms with Gasteiger partial charge >= 0.3 is 5.97 Å². The first-order chi connectivity index (χ1) is 10.0.